The monoisotopic (exact) mass is 405 g/mol. The first-order valence-corrected chi connectivity index (χ1v) is 9.94. The Hall–Kier alpha value is -3.45. The summed E-state index contributed by atoms with van der Waals surface area (Å²) in [5.74, 6) is 0.204. The Kier molecular flexibility index (Phi) is 5.39. The fraction of sp³-hybridized carbons (Fsp3) is 0.136. The molecule has 0 amide bonds. The van der Waals surface area contributed by atoms with Gasteiger partial charge in [-0.2, -0.15) is 0 Å². The van der Waals surface area contributed by atoms with Crippen LogP contribution in [-0.4, -0.2) is 20.7 Å². The maximum atomic E-state index is 12.1. The van der Waals surface area contributed by atoms with E-state index in [0.29, 0.717) is 11.5 Å². The van der Waals surface area contributed by atoms with Crippen LogP contribution in [0.25, 0.3) is 22.5 Å². The van der Waals surface area contributed by atoms with Crippen molar-refractivity contribution in [1.82, 2.24) is 14.7 Å². The number of benzene rings is 1. The molecule has 0 bridgehead atoms. The Balaban J connectivity index is 1.39. The van der Waals surface area contributed by atoms with Gasteiger partial charge in [0.15, 0.2) is 10.9 Å². The van der Waals surface area contributed by atoms with Gasteiger partial charge in [-0.05, 0) is 31.6 Å². The Bertz CT molecular complexity index is 1140. The fourth-order valence-corrected chi connectivity index (χ4v) is 3.80. The Morgan fingerprint density at radius 3 is 2.83 bits per heavy atom. The number of hydrogen-bond donors (Lipinski definition) is 0. The van der Waals surface area contributed by atoms with E-state index in [1.165, 1.54) is 6.08 Å². The van der Waals surface area contributed by atoms with Crippen molar-refractivity contribution >= 4 is 23.4 Å². The topological polar surface area (TPSA) is 70.2 Å². The summed E-state index contributed by atoms with van der Waals surface area (Å²) in [5.41, 5.74) is 4.51. The number of carbonyl (C=O) groups excluding carboxylic acids is 1. The number of carbonyl (C=O) groups is 1. The largest absolute Gasteiger partial charge is 0.456 e. The van der Waals surface area contributed by atoms with Crippen molar-refractivity contribution in [2.75, 3.05) is 0 Å². The van der Waals surface area contributed by atoms with Gasteiger partial charge in [0, 0.05) is 40.7 Å². The highest BCUT2D eigenvalue weighted by Gasteiger charge is 2.11. The van der Waals surface area contributed by atoms with Crippen molar-refractivity contribution in [3.63, 3.8) is 0 Å². The molecule has 3 aromatic heterocycles. The molecule has 0 unspecified atom stereocenters. The summed E-state index contributed by atoms with van der Waals surface area (Å²) in [7, 11) is 0. The summed E-state index contributed by atoms with van der Waals surface area (Å²) >= 11 is 1.57. The van der Waals surface area contributed by atoms with Crippen LogP contribution in [0.4, 0.5) is 0 Å². The second-order valence-corrected chi connectivity index (χ2v) is 7.34. The molecule has 146 valence electrons. The molecule has 0 atom stereocenters. The van der Waals surface area contributed by atoms with Gasteiger partial charge >= 0.3 is 5.97 Å². The summed E-state index contributed by atoms with van der Waals surface area (Å²) in [6.07, 6.45) is 4.96. The third kappa shape index (κ3) is 4.20. The molecule has 1 aromatic carbocycles. The van der Waals surface area contributed by atoms with Crippen LogP contribution in [0.3, 0.4) is 0 Å². The second-order valence-electron chi connectivity index (χ2n) is 6.47. The molecule has 4 rings (SSSR count). The lowest BCUT2D eigenvalue weighted by molar-refractivity contribution is -0.139. The fourth-order valence-electron chi connectivity index (χ4n) is 3.05. The van der Waals surface area contributed by atoms with Gasteiger partial charge in [-0.25, -0.2) is 9.78 Å². The highest BCUT2D eigenvalue weighted by atomic mass is 32.1. The average Bonchev–Trinajstić information content (AvgIpc) is 3.47. The summed E-state index contributed by atoms with van der Waals surface area (Å²) in [5, 5.41) is 6.80. The molecular weight excluding hydrogens is 386 g/mol. The van der Waals surface area contributed by atoms with Crippen molar-refractivity contribution in [2.45, 2.75) is 20.5 Å². The number of esters is 1. The molecule has 0 spiro atoms. The predicted octanol–water partition coefficient (Wildman–Crippen LogP) is 4.96. The van der Waals surface area contributed by atoms with Gasteiger partial charge in [-0.3, -0.25) is 4.57 Å². The van der Waals surface area contributed by atoms with Crippen LogP contribution in [-0.2, 0) is 16.1 Å². The summed E-state index contributed by atoms with van der Waals surface area (Å²) in [6.45, 7) is 4.07. The molecule has 0 N–H and O–H groups in total. The molecule has 7 heteroatoms. The molecule has 6 nitrogen and oxygen atoms in total. The first-order valence-electron chi connectivity index (χ1n) is 9.06. The van der Waals surface area contributed by atoms with Gasteiger partial charge in [-0.1, -0.05) is 35.5 Å². The molecule has 0 aliphatic rings. The van der Waals surface area contributed by atoms with Crippen molar-refractivity contribution < 1.29 is 14.1 Å². The maximum Gasteiger partial charge on any atom is 0.331 e. The van der Waals surface area contributed by atoms with Crippen LogP contribution in [0.2, 0.25) is 0 Å². The van der Waals surface area contributed by atoms with E-state index in [9.17, 15) is 4.79 Å². The highest BCUT2D eigenvalue weighted by Crippen LogP contribution is 2.23. The zero-order valence-corrected chi connectivity index (χ0v) is 16.8. The van der Waals surface area contributed by atoms with E-state index < -0.39 is 5.97 Å². The molecule has 4 aromatic rings. The number of hydrogen-bond acceptors (Lipinski definition) is 6. The van der Waals surface area contributed by atoms with Crippen molar-refractivity contribution in [1.29, 1.82) is 0 Å². The zero-order valence-electron chi connectivity index (χ0n) is 16.0. The van der Waals surface area contributed by atoms with Gasteiger partial charge in [0.1, 0.15) is 12.3 Å². The first-order chi connectivity index (χ1) is 14.1. The lowest BCUT2D eigenvalue weighted by Gasteiger charge is -2.04. The van der Waals surface area contributed by atoms with Crippen molar-refractivity contribution in [3.05, 3.63) is 82.8 Å². The van der Waals surface area contributed by atoms with Crippen LogP contribution in [0.5, 0.6) is 0 Å². The third-order valence-electron chi connectivity index (χ3n) is 4.46. The summed E-state index contributed by atoms with van der Waals surface area (Å²) in [6, 6.07) is 13.4. The number of aromatic nitrogens is 3. The number of aryl methyl sites for hydroxylation is 1. The van der Waals surface area contributed by atoms with E-state index >= 15 is 0 Å². The van der Waals surface area contributed by atoms with E-state index in [0.717, 1.165) is 27.6 Å². The van der Waals surface area contributed by atoms with Crippen molar-refractivity contribution in [3.8, 4) is 16.5 Å². The molecule has 29 heavy (non-hydrogen) atoms. The van der Waals surface area contributed by atoms with Crippen LogP contribution in [0.1, 0.15) is 22.6 Å². The number of ether oxygens (including phenoxy) is 1. The van der Waals surface area contributed by atoms with Crippen LogP contribution < -0.4 is 0 Å². The normalized spacial score (nSPS) is 11.2. The zero-order chi connectivity index (χ0) is 20.2. The molecule has 0 saturated heterocycles. The lowest BCUT2D eigenvalue weighted by atomic mass is 10.2. The molecule has 0 aliphatic carbocycles. The smallest absolute Gasteiger partial charge is 0.331 e. The highest BCUT2D eigenvalue weighted by molar-refractivity contribution is 7.12. The van der Waals surface area contributed by atoms with E-state index in [2.05, 4.69) is 14.7 Å². The number of rotatable bonds is 6. The summed E-state index contributed by atoms with van der Waals surface area (Å²) < 4.78 is 12.7. The summed E-state index contributed by atoms with van der Waals surface area (Å²) in [4.78, 5) is 16.5. The quantitative estimate of drug-likeness (QED) is 0.335. The Morgan fingerprint density at radius 1 is 1.24 bits per heavy atom. The van der Waals surface area contributed by atoms with Gasteiger partial charge in [0.2, 0.25) is 0 Å². The van der Waals surface area contributed by atoms with Gasteiger partial charge in [-0.15, -0.1) is 11.3 Å². The second kappa shape index (κ2) is 8.28. The molecule has 0 aliphatic heterocycles. The molecule has 0 fully saturated rings. The SMILES string of the molecule is Cc1cc(/C=C/C(=O)OCc2cc(-c3ccccc3)on2)c(C)n1-c1nccs1. The number of thiazole rings is 1. The van der Waals surface area contributed by atoms with Crippen molar-refractivity contribution in [2.24, 2.45) is 0 Å². The van der Waals surface area contributed by atoms with E-state index in [1.807, 2.05) is 55.6 Å². The maximum absolute atomic E-state index is 12.1. The van der Waals surface area contributed by atoms with E-state index in [1.54, 1.807) is 29.7 Å². The van der Waals surface area contributed by atoms with Crippen LogP contribution >= 0.6 is 11.3 Å². The number of nitrogens with zero attached hydrogens (tertiary/aromatic N) is 3. The molecule has 3 heterocycles. The minimum Gasteiger partial charge on any atom is -0.456 e. The average molecular weight is 405 g/mol. The Labute approximate surface area is 172 Å². The van der Waals surface area contributed by atoms with Crippen LogP contribution in [0.15, 0.2) is 64.6 Å². The van der Waals surface area contributed by atoms with Crippen LogP contribution in [0, 0.1) is 13.8 Å². The first kappa shape index (κ1) is 18.9. The molecule has 0 saturated carbocycles. The van der Waals surface area contributed by atoms with Gasteiger partial charge in [0.25, 0.3) is 0 Å². The lowest BCUT2D eigenvalue weighted by Crippen LogP contribution is -2.01. The van der Waals surface area contributed by atoms with Gasteiger partial charge < -0.3 is 9.26 Å². The standard InChI is InChI=1S/C22H19N3O3S/c1-15-12-18(16(2)25(15)22-23-10-11-29-22)8-9-21(26)27-14-19-13-20(28-24-19)17-6-4-3-5-7-17/h3-13H,14H2,1-2H3/b9-8+. The molecular formula is C22H19N3O3S. The minimum atomic E-state index is -0.437. The predicted molar refractivity (Wildman–Crippen MR) is 112 cm³/mol. The minimum absolute atomic E-state index is 0.0532. The van der Waals surface area contributed by atoms with E-state index in [4.69, 9.17) is 9.26 Å². The van der Waals surface area contributed by atoms with Gasteiger partial charge in [0.05, 0.1) is 0 Å². The third-order valence-corrected chi connectivity index (χ3v) is 5.22. The van der Waals surface area contributed by atoms with E-state index in [-0.39, 0.29) is 6.61 Å². The Morgan fingerprint density at radius 2 is 2.07 bits per heavy atom. The molecule has 0 radical (unpaired) electrons.